The van der Waals surface area contributed by atoms with Crippen LogP contribution in [0.15, 0.2) is 35.6 Å². The van der Waals surface area contributed by atoms with Crippen LogP contribution in [0.25, 0.3) is 0 Å². The predicted molar refractivity (Wildman–Crippen MR) is 105 cm³/mol. The molecule has 2 heterocycles. The molecule has 2 unspecified atom stereocenters. The fraction of sp³-hybridized carbons (Fsp3) is 0.545. The highest BCUT2D eigenvalue weighted by atomic mass is 16.5. The van der Waals surface area contributed by atoms with Gasteiger partial charge in [0.25, 0.3) is 5.91 Å². The summed E-state index contributed by atoms with van der Waals surface area (Å²) in [6, 6.07) is 6.71. The Morgan fingerprint density at radius 2 is 1.96 bits per heavy atom. The number of hydrogen-bond donors (Lipinski definition) is 1. The molecule has 2 aliphatic rings. The van der Waals surface area contributed by atoms with Gasteiger partial charge in [-0.25, -0.2) is 0 Å². The van der Waals surface area contributed by atoms with Gasteiger partial charge in [0.1, 0.15) is 5.75 Å². The van der Waals surface area contributed by atoms with E-state index in [-0.39, 0.29) is 17.5 Å². The summed E-state index contributed by atoms with van der Waals surface area (Å²) < 4.78 is 11.2. The second-order valence-electron chi connectivity index (χ2n) is 8.34. The van der Waals surface area contributed by atoms with Gasteiger partial charge in [-0.2, -0.15) is 0 Å². The van der Waals surface area contributed by atoms with Crippen molar-refractivity contribution >= 4 is 11.7 Å². The lowest BCUT2D eigenvalue weighted by Crippen LogP contribution is -2.38. The normalized spacial score (nSPS) is 22.9. The van der Waals surface area contributed by atoms with Gasteiger partial charge in [-0.1, -0.05) is 32.9 Å². The van der Waals surface area contributed by atoms with Gasteiger partial charge in [-0.15, -0.1) is 0 Å². The van der Waals surface area contributed by atoms with E-state index in [1.807, 2.05) is 31.2 Å². The molecule has 1 aromatic carbocycles. The third-order valence-corrected chi connectivity index (χ3v) is 5.16. The van der Waals surface area contributed by atoms with Crippen LogP contribution in [0.2, 0.25) is 0 Å². The lowest BCUT2D eigenvalue weighted by molar-refractivity contribution is -0.131. The van der Waals surface area contributed by atoms with Gasteiger partial charge in [0, 0.05) is 18.6 Å². The zero-order valence-corrected chi connectivity index (χ0v) is 17.0. The smallest absolute Gasteiger partial charge is 0.290 e. The van der Waals surface area contributed by atoms with E-state index < -0.39 is 23.1 Å². The number of ether oxygens (including phenoxy) is 2. The summed E-state index contributed by atoms with van der Waals surface area (Å²) in [5, 5.41) is 10.6. The quantitative estimate of drug-likeness (QED) is 0.807. The van der Waals surface area contributed by atoms with Crippen molar-refractivity contribution in [3.8, 4) is 5.75 Å². The monoisotopic (exact) mass is 387 g/mol. The van der Waals surface area contributed by atoms with Gasteiger partial charge in [0.05, 0.1) is 24.3 Å². The Balaban J connectivity index is 2.00. The second kappa shape index (κ2) is 7.95. The van der Waals surface area contributed by atoms with Crippen LogP contribution >= 0.6 is 0 Å². The maximum atomic E-state index is 13.1. The standard InChI is InChI=1S/C22H29NO5/c1-5-27-15-10-8-14(9-11-15)18-17(20(25)22(2,3)4)19(24)21(26)23(18)13-16-7-6-12-28-16/h8-11,16,18,24H,5-7,12-13H2,1-4H3. The molecule has 1 amide bonds. The van der Waals surface area contributed by atoms with Crippen LogP contribution in [-0.4, -0.2) is 47.6 Å². The molecule has 2 aliphatic heterocycles. The maximum Gasteiger partial charge on any atom is 0.290 e. The van der Waals surface area contributed by atoms with Crippen molar-refractivity contribution in [3.63, 3.8) is 0 Å². The first-order chi connectivity index (χ1) is 13.2. The van der Waals surface area contributed by atoms with Crippen molar-refractivity contribution in [1.29, 1.82) is 0 Å². The molecule has 6 nitrogen and oxygen atoms in total. The fourth-order valence-corrected chi connectivity index (χ4v) is 3.75. The molecule has 2 atom stereocenters. The molecule has 1 aromatic rings. The molecule has 0 aromatic heterocycles. The number of carbonyl (C=O) groups excluding carboxylic acids is 2. The number of hydrogen-bond acceptors (Lipinski definition) is 5. The van der Waals surface area contributed by atoms with E-state index in [0.29, 0.717) is 19.8 Å². The SMILES string of the molecule is CCOc1ccc(C2C(C(=O)C(C)(C)C)=C(O)C(=O)N2CC2CCCO2)cc1. The van der Waals surface area contributed by atoms with E-state index in [9.17, 15) is 14.7 Å². The minimum atomic E-state index is -0.715. The van der Waals surface area contributed by atoms with Crippen LogP contribution in [0.4, 0.5) is 0 Å². The summed E-state index contributed by atoms with van der Waals surface area (Å²) in [4.78, 5) is 27.5. The molecule has 6 heteroatoms. The average molecular weight is 387 g/mol. The van der Waals surface area contributed by atoms with Crippen LogP contribution < -0.4 is 4.74 Å². The third-order valence-electron chi connectivity index (χ3n) is 5.16. The predicted octanol–water partition coefficient (Wildman–Crippen LogP) is 3.57. The van der Waals surface area contributed by atoms with Crippen LogP contribution in [0, 0.1) is 5.41 Å². The zero-order chi connectivity index (χ0) is 20.5. The molecule has 28 heavy (non-hydrogen) atoms. The van der Waals surface area contributed by atoms with E-state index in [1.54, 1.807) is 25.7 Å². The van der Waals surface area contributed by atoms with Gasteiger partial charge in [-0.3, -0.25) is 9.59 Å². The first-order valence-electron chi connectivity index (χ1n) is 9.87. The molecule has 152 valence electrons. The fourth-order valence-electron chi connectivity index (χ4n) is 3.75. The molecule has 0 radical (unpaired) electrons. The molecule has 1 N–H and O–H groups in total. The molecule has 0 spiro atoms. The van der Waals surface area contributed by atoms with Crippen molar-refractivity contribution in [2.24, 2.45) is 5.41 Å². The Morgan fingerprint density at radius 1 is 1.29 bits per heavy atom. The number of aliphatic hydroxyl groups is 1. The number of benzene rings is 1. The molecule has 0 bridgehead atoms. The van der Waals surface area contributed by atoms with Crippen LogP contribution in [0.1, 0.15) is 52.1 Å². The molecular weight excluding hydrogens is 358 g/mol. The van der Waals surface area contributed by atoms with E-state index in [4.69, 9.17) is 9.47 Å². The average Bonchev–Trinajstić information content (AvgIpc) is 3.24. The molecule has 3 rings (SSSR count). The molecule has 0 aliphatic carbocycles. The van der Waals surface area contributed by atoms with Crippen molar-refractivity contribution in [2.45, 2.75) is 52.7 Å². The summed E-state index contributed by atoms with van der Waals surface area (Å²) >= 11 is 0. The number of Topliss-reactive ketones (excluding diaryl/α,β-unsaturated/α-hetero) is 1. The minimum absolute atomic E-state index is 0.0777. The summed E-state index contributed by atoms with van der Waals surface area (Å²) in [5.41, 5.74) is 0.221. The Kier molecular flexibility index (Phi) is 5.79. The highest BCUT2D eigenvalue weighted by molar-refractivity contribution is 6.10. The topological polar surface area (TPSA) is 76.1 Å². The van der Waals surface area contributed by atoms with Crippen molar-refractivity contribution in [3.05, 3.63) is 41.2 Å². The Bertz CT molecular complexity index is 769. The summed E-state index contributed by atoms with van der Waals surface area (Å²) in [5.74, 6) is -0.469. The first kappa shape index (κ1) is 20.4. The van der Waals surface area contributed by atoms with Crippen molar-refractivity contribution in [1.82, 2.24) is 4.90 Å². The summed E-state index contributed by atoms with van der Waals surface area (Å²) in [6.45, 7) is 8.86. The minimum Gasteiger partial charge on any atom is -0.503 e. The van der Waals surface area contributed by atoms with E-state index >= 15 is 0 Å². The lowest BCUT2D eigenvalue weighted by Gasteiger charge is -2.30. The highest BCUT2D eigenvalue weighted by Gasteiger charge is 2.46. The summed E-state index contributed by atoms with van der Waals surface area (Å²) in [6.07, 6.45) is 1.74. The Hall–Kier alpha value is -2.34. The van der Waals surface area contributed by atoms with Crippen molar-refractivity contribution < 1.29 is 24.2 Å². The van der Waals surface area contributed by atoms with Crippen LogP contribution in [0.5, 0.6) is 5.75 Å². The Morgan fingerprint density at radius 3 is 2.50 bits per heavy atom. The van der Waals surface area contributed by atoms with E-state index in [1.165, 1.54) is 0 Å². The van der Waals surface area contributed by atoms with Gasteiger partial charge >= 0.3 is 0 Å². The molecule has 0 saturated carbocycles. The van der Waals surface area contributed by atoms with E-state index in [0.717, 1.165) is 24.2 Å². The van der Waals surface area contributed by atoms with Gasteiger partial charge in [0.15, 0.2) is 11.5 Å². The van der Waals surface area contributed by atoms with Crippen LogP contribution in [-0.2, 0) is 14.3 Å². The number of aliphatic hydroxyl groups excluding tert-OH is 1. The Labute approximate surface area is 166 Å². The zero-order valence-electron chi connectivity index (χ0n) is 17.0. The highest BCUT2D eigenvalue weighted by Crippen LogP contribution is 2.41. The van der Waals surface area contributed by atoms with E-state index in [2.05, 4.69) is 0 Å². The van der Waals surface area contributed by atoms with Gasteiger partial charge in [0.2, 0.25) is 0 Å². The van der Waals surface area contributed by atoms with Crippen LogP contribution in [0.3, 0.4) is 0 Å². The number of carbonyl (C=O) groups is 2. The lowest BCUT2D eigenvalue weighted by atomic mass is 9.82. The number of rotatable bonds is 6. The largest absolute Gasteiger partial charge is 0.503 e. The van der Waals surface area contributed by atoms with Crippen molar-refractivity contribution in [2.75, 3.05) is 19.8 Å². The molecule has 1 fully saturated rings. The summed E-state index contributed by atoms with van der Waals surface area (Å²) in [7, 11) is 0. The van der Waals surface area contributed by atoms with Gasteiger partial charge < -0.3 is 19.5 Å². The number of amides is 1. The maximum absolute atomic E-state index is 13.1. The van der Waals surface area contributed by atoms with Gasteiger partial charge in [-0.05, 0) is 37.5 Å². The molecular formula is C22H29NO5. The number of ketones is 1. The second-order valence-corrected chi connectivity index (χ2v) is 8.34. The number of nitrogens with zero attached hydrogens (tertiary/aromatic N) is 1. The third kappa shape index (κ3) is 3.92. The molecule has 1 saturated heterocycles. The first-order valence-corrected chi connectivity index (χ1v) is 9.87.